The van der Waals surface area contributed by atoms with Crippen molar-refractivity contribution in [1.82, 2.24) is 0 Å². The van der Waals surface area contributed by atoms with Crippen molar-refractivity contribution in [2.45, 2.75) is 58.7 Å². The summed E-state index contributed by atoms with van der Waals surface area (Å²) < 4.78 is 28.5. The molecule has 0 saturated heterocycles. The van der Waals surface area contributed by atoms with E-state index >= 15 is 0 Å². The van der Waals surface area contributed by atoms with Crippen LogP contribution >= 0.6 is 0 Å². The van der Waals surface area contributed by atoms with Gasteiger partial charge in [0.15, 0.2) is 0 Å². The van der Waals surface area contributed by atoms with Crippen LogP contribution in [0, 0.1) is 0 Å². The maximum atomic E-state index is 11.6. The first-order valence-electron chi connectivity index (χ1n) is 5.76. The second kappa shape index (κ2) is 6.65. The number of unbranched alkanes of at least 4 members (excludes halogenated alkanes) is 2. The van der Waals surface area contributed by atoms with Gasteiger partial charge in [-0.1, -0.05) is 33.1 Å². The predicted octanol–water partition coefficient (Wildman–Crippen LogP) is 3.14. The second-order valence-corrected chi connectivity index (χ2v) is 10.8. The van der Waals surface area contributed by atoms with Crippen LogP contribution in [0.15, 0.2) is 0 Å². The minimum absolute atomic E-state index is 0.173. The molecule has 0 rings (SSSR count). The Bertz CT molecular complexity index is 260. The zero-order valence-electron chi connectivity index (χ0n) is 10.4. The molecule has 5 heteroatoms. The van der Waals surface area contributed by atoms with Crippen LogP contribution in [0.3, 0.4) is 0 Å². The zero-order valence-corrected chi connectivity index (χ0v) is 12.2. The van der Waals surface area contributed by atoms with E-state index in [1.165, 1.54) is 0 Å². The highest BCUT2D eigenvalue weighted by atomic mass is 32.2. The van der Waals surface area contributed by atoms with Gasteiger partial charge in [0.25, 0.3) is 10.1 Å². The lowest BCUT2D eigenvalue weighted by atomic mass is 10.4. The Labute approximate surface area is 95.5 Å². The SMILES string of the molecule is CCCC[Si](C)(C)OS(=O)(=O)CCCC. The van der Waals surface area contributed by atoms with Crippen molar-refractivity contribution in [3.63, 3.8) is 0 Å². The molecule has 0 N–H and O–H groups in total. The summed E-state index contributed by atoms with van der Waals surface area (Å²) in [6.45, 7) is 8.05. The van der Waals surface area contributed by atoms with Gasteiger partial charge in [-0.05, 0) is 25.6 Å². The van der Waals surface area contributed by atoms with Crippen molar-refractivity contribution < 1.29 is 12.3 Å². The zero-order chi connectivity index (χ0) is 11.9. The summed E-state index contributed by atoms with van der Waals surface area (Å²) in [6.07, 6.45) is 3.73. The van der Waals surface area contributed by atoms with Gasteiger partial charge in [-0.25, -0.2) is 8.42 Å². The van der Waals surface area contributed by atoms with Crippen molar-refractivity contribution >= 4 is 18.4 Å². The lowest BCUT2D eigenvalue weighted by Gasteiger charge is -2.21. The Hall–Kier alpha value is 0.127. The molecule has 0 atom stereocenters. The van der Waals surface area contributed by atoms with E-state index in [4.69, 9.17) is 3.87 Å². The molecule has 0 aliphatic heterocycles. The van der Waals surface area contributed by atoms with Gasteiger partial charge in [0.1, 0.15) is 0 Å². The van der Waals surface area contributed by atoms with Crippen LogP contribution < -0.4 is 0 Å². The third kappa shape index (κ3) is 7.99. The fourth-order valence-corrected chi connectivity index (χ4v) is 6.61. The molecule has 0 saturated carbocycles. The van der Waals surface area contributed by atoms with Gasteiger partial charge in [0.2, 0.25) is 8.32 Å². The highest BCUT2D eigenvalue weighted by molar-refractivity contribution is 7.87. The number of rotatable bonds is 8. The van der Waals surface area contributed by atoms with E-state index in [0.29, 0.717) is 6.42 Å². The van der Waals surface area contributed by atoms with Gasteiger partial charge in [-0.2, -0.15) is 0 Å². The average molecular weight is 252 g/mol. The maximum Gasteiger partial charge on any atom is 0.257 e. The van der Waals surface area contributed by atoms with E-state index in [9.17, 15) is 8.42 Å². The fraction of sp³-hybridized carbons (Fsp3) is 1.00. The molecule has 0 bridgehead atoms. The highest BCUT2D eigenvalue weighted by Crippen LogP contribution is 2.18. The van der Waals surface area contributed by atoms with Gasteiger partial charge in [-0.15, -0.1) is 0 Å². The fourth-order valence-electron chi connectivity index (χ4n) is 1.35. The average Bonchev–Trinajstić information content (AvgIpc) is 2.10. The van der Waals surface area contributed by atoms with Crippen LogP contribution in [0.2, 0.25) is 19.1 Å². The van der Waals surface area contributed by atoms with Gasteiger partial charge < -0.3 is 3.87 Å². The lowest BCUT2D eigenvalue weighted by molar-refractivity contribution is 0.477. The smallest absolute Gasteiger partial charge is 0.257 e. The summed E-state index contributed by atoms with van der Waals surface area (Å²) in [5.41, 5.74) is 0. The second-order valence-electron chi connectivity index (χ2n) is 4.56. The predicted molar refractivity (Wildman–Crippen MR) is 67.0 cm³/mol. The molecular weight excluding hydrogens is 228 g/mol. The minimum atomic E-state index is -3.27. The molecule has 92 valence electrons. The van der Waals surface area contributed by atoms with E-state index in [2.05, 4.69) is 6.92 Å². The van der Waals surface area contributed by atoms with E-state index in [1.807, 2.05) is 20.0 Å². The monoisotopic (exact) mass is 252 g/mol. The maximum absolute atomic E-state index is 11.6. The molecule has 0 aromatic heterocycles. The molecule has 0 aromatic carbocycles. The summed E-state index contributed by atoms with van der Waals surface area (Å²) in [6, 6.07) is 0.925. The summed E-state index contributed by atoms with van der Waals surface area (Å²) in [5, 5.41) is 0. The van der Waals surface area contributed by atoms with Gasteiger partial charge in [-0.3, -0.25) is 0 Å². The first-order valence-corrected chi connectivity index (χ1v) is 10.5. The normalized spacial score (nSPS) is 13.1. The Morgan fingerprint density at radius 2 is 1.60 bits per heavy atom. The van der Waals surface area contributed by atoms with Gasteiger partial charge in [0.05, 0.1) is 5.75 Å². The molecule has 0 heterocycles. The Balaban J connectivity index is 4.17. The number of hydrogen-bond donors (Lipinski definition) is 0. The molecule has 0 radical (unpaired) electrons. The summed E-state index contributed by atoms with van der Waals surface area (Å²) in [4.78, 5) is 0. The van der Waals surface area contributed by atoms with Crippen molar-refractivity contribution in [3.8, 4) is 0 Å². The topological polar surface area (TPSA) is 43.4 Å². The summed E-state index contributed by atoms with van der Waals surface area (Å²) >= 11 is 0. The highest BCUT2D eigenvalue weighted by Gasteiger charge is 2.28. The Kier molecular flexibility index (Phi) is 6.71. The summed E-state index contributed by atoms with van der Waals surface area (Å²) in [7, 11) is -5.27. The molecule has 3 nitrogen and oxygen atoms in total. The quantitative estimate of drug-likeness (QED) is 0.623. The van der Waals surface area contributed by atoms with Gasteiger partial charge >= 0.3 is 0 Å². The molecule has 0 aliphatic rings. The Morgan fingerprint density at radius 1 is 1.07 bits per heavy atom. The van der Waals surface area contributed by atoms with Crippen molar-refractivity contribution in [1.29, 1.82) is 0 Å². The summed E-state index contributed by atoms with van der Waals surface area (Å²) in [5.74, 6) is 0.173. The minimum Gasteiger partial charge on any atom is -0.315 e. The molecule has 0 fully saturated rings. The molecular formula is C10H24O3SSi. The number of hydrogen-bond acceptors (Lipinski definition) is 3. The van der Waals surface area contributed by atoms with Crippen LogP contribution in [0.5, 0.6) is 0 Å². The molecule has 0 amide bonds. The van der Waals surface area contributed by atoms with Gasteiger partial charge in [0, 0.05) is 0 Å². The van der Waals surface area contributed by atoms with Crippen LogP contribution in [0.1, 0.15) is 39.5 Å². The van der Waals surface area contributed by atoms with Crippen LogP contribution in [0.25, 0.3) is 0 Å². The van der Waals surface area contributed by atoms with E-state index in [1.54, 1.807) is 0 Å². The van der Waals surface area contributed by atoms with E-state index in [-0.39, 0.29) is 5.75 Å². The standard InChI is InChI=1S/C10H24O3SSi/c1-5-7-9-14(11,12)13-15(3,4)10-8-6-2/h5-10H2,1-4H3. The molecule has 0 aliphatic carbocycles. The van der Waals surface area contributed by atoms with Crippen LogP contribution in [-0.4, -0.2) is 22.5 Å². The third-order valence-corrected chi connectivity index (χ3v) is 7.40. The molecule has 0 unspecified atom stereocenters. The molecule has 15 heavy (non-hydrogen) atoms. The van der Waals surface area contributed by atoms with Crippen molar-refractivity contribution in [2.75, 3.05) is 5.75 Å². The van der Waals surface area contributed by atoms with Crippen molar-refractivity contribution in [3.05, 3.63) is 0 Å². The molecule has 0 spiro atoms. The third-order valence-electron chi connectivity index (χ3n) is 2.23. The van der Waals surface area contributed by atoms with E-state index < -0.39 is 18.4 Å². The molecule has 0 aromatic rings. The largest absolute Gasteiger partial charge is 0.315 e. The first kappa shape index (κ1) is 15.1. The first-order chi connectivity index (χ1) is 6.83. The van der Waals surface area contributed by atoms with E-state index in [0.717, 1.165) is 25.3 Å². The Morgan fingerprint density at radius 3 is 2.07 bits per heavy atom. The van der Waals surface area contributed by atoms with Crippen molar-refractivity contribution in [2.24, 2.45) is 0 Å². The lowest BCUT2D eigenvalue weighted by Crippen LogP contribution is -2.34. The van der Waals surface area contributed by atoms with Crippen LogP contribution in [0.4, 0.5) is 0 Å². The van der Waals surface area contributed by atoms with Crippen LogP contribution in [-0.2, 0) is 14.0 Å².